The molecule has 0 N–H and O–H groups in total. The molecule has 1 amide bonds. The third kappa shape index (κ3) is 2.45. The third-order valence-electron chi connectivity index (χ3n) is 2.78. The van der Waals surface area contributed by atoms with Crippen molar-refractivity contribution in [2.45, 2.75) is 52.5 Å². The van der Waals surface area contributed by atoms with E-state index in [4.69, 9.17) is 0 Å². The second-order valence-electron chi connectivity index (χ2n) is 5.06. The molecule has 0 aromatic carbocycles. The fourth-order valence-electron chi connectivity index (χ4n) is 2.03. The molecule has 1 aliphatic heterocycles. The van der Waals surface area contributed by atoms with Crippen molar-refractivity contribution in [3.63, 3.8) is 0 Å². The van der Waals surface area contributed by atoms with Gasteiger partial charge >= 0.3 is 0 Å². The summed E-state index contributed by atoms with van der Waals surface area (Å²) in [5.74, 6) is 0.807. The van der Waals surface area contributed by atoms with Crippen molar-refractivity contribution in [3.05, 3.63) is 0 Å². The predicted octanol–water partition coefficient (Wildman–Crippen LogP) is 2.43. The van der Waals surface area contributed by atoms with Crippen LogP contribution in [0.25, 0.3) is 0 Å². The number of amides is 1. The van der Waals surface area contributed by atoms with Gasteiger partial charge in [0.05, 0.1) is 0 Å². The molecule has 0 aliphatic carbocycles. The number of likely N-dealkylation sites (tertiary alicyclic amines) is 1. The Kier molecular flexibility index (Phi) is 2.99. The molecule has 0 saturated carbocycles. The van der Waals surface area contributed by atoms with E-state index in [1.807, 2.05) is 4.90 Å². The van der Waals surface area contributed by atoms with Crippen molar-refractivity contribution in [3.8, 4) is 0 Å². The number of rotatable bonds is 2. The maximum absolute atomic E-state index is 11.8. The fourth-order valence-corrected chi connectivity index (χ4v) is 2.03. The lowest BCUT2D eigenvalue weighted by Crippen LogP contribution is -2.42. The molecule has 76 valence electrons. The second kappa shape index (κ2) is 3.69. The third-order valence-corrected chi connectivity index (χ3v) is 2.78. The van der Waals surface area contributed by atoms with E-state index in [0.717, 1.165) is 19.4 Å². The van der Waals surface area contributed by atoms with Crippen LogP contribution in [0.4, 0.5) is 0 Å². The van der Waals surface area contributed by atoms with Gasteiger partial charge in [0.2, 0.25) is 5.91 Å². The summed E-state index contributed by atoms with van der Waals surface area (Å²) in [5.41, 5.74) is 0.103. The maximum Gasteiger partial charge on any atom is 0.223 e. The molecule has 1 heterocycles. The fraction of sp³-hybridized carbons (Fsp3) is 0.909. The SMILES string of the molecule is CC(C)CC(=O)N1CCCC1(C)C. The molecule has 0 aromatic heterocycles. The van der Waals surface area contributed by atoms with E-state index in [9.17, 15) is 4.79 Å². The highest BCUT2D eigenvalue weighted by Gasteiger charge is 2.34. The topological polar surface area (TPSA) is 20.3 Å². The van der Waals surface area contributed by atoms with Crippen molar-refractivity contribution in [2.75, 3.05) is 6.54 Å². The number of hydrogen-bond acceptors (Lipinski definition) is 1. The number of nitrogens with zero attached hydrogens (tertiary/aromatic N) is 1. The summed E-state index contributed by atoms with van der Waals surface area (Å²) in [5, 5.41) is 0. The molecular weight excluding hydrogens is 162 g/mol. The summed E-state index contributed by atoms with van der Waals surface area (Å²) in [6.07, 6.45) is 3.01. The van der Waals surface area contributed by atoms with Gasteiger partial charge in [0.25, 0.3) is 0 Å². The van der Waals surface area contributed by atoms with E-state index >= 15 is 0 Å². The van der Waals surface area contributed by atoms with Crippen molar-refractivity contribution in [1.82, 2.24) is 4.90 Å². The Morgan fingerprint density at radius 2 is 2.08 bits per heavy atom. The summed E-state index contributed by atoms with van der Waals surface area (Å²) in [6.45, 7) is 9.48. The Morgan fingerprint density at radius 3 is 2.46 bits per heavy atom. The molecule has 1 rings (SSSR count). The van der Waals surface area contributed by atoms with Crippen LogP contribution in [0, 0.1) is 5.92 Å². The van der Waals surface area contributed by atoms with Crippen LogP contribution in [0.1, 0.15) is 47.0 Å². The Balaban J connectivity index is 2.56. The maximum atomic E-state index is 11.8. The first-order chi connectivity index (χ1) is 5.93. The average Bonchev–Trinajstić information content (AvgIpc) is 2.27. The van der Waals surface area contributed by atoms with Gasteiger partial charge < -0.3 is 4.90 Å². The molecule has 2 heteroatoms. The molecule has 2 nitrogen and oxygen atoms in total. The van der Waals surface area contributed by atoms with Crippen molar-refractivity contribution >= 4 is 5.91 Å². The van der Waals surface area contributed by atoms with Gasteiger partial charge in [0, 0.05) is 18.5 Å². The van der Waals surface area contributed by atoms with Gasteiger partial charge in [-0.2, -0.15) is 0 Å². The molecule has 1 fully saturated rings. The average molecular weight is 183 g/mol. The van der Waals surface area contributed by atoms with Crippen LogP contribution < -0.4 is 0 Å². The number of carbonyl (C=O) groups is 1. The van der Waals surface area contributed by atoms with E-state index in [1.54, 1.807) is 0 Å². The Bertz CT molecular complexity index is 196. The number of hydrogen-bond donors (Lipinski definition) is 0. The minimum Gasteiger partial charge on any atom is -0.338 e. The van der Waals surface area contributed by atoms with Crippen LogP contribution in [0.5, 0.6) is 0 Å². The molecule has 13 heavy (non-hydrogen) atoms. The van der Waals surface area contributed by atoms with Crippen LogP contribution in [0.2, 0.25) is 0 Å². The van der Waals surface area contributed by atoms with Crippen molar-refractivity contribution < 1.29 is 4.79 Å². The lowest BCUT2D eigenvalue weighted by atomic mass is 10.0. The van der Waals surface area contributed by atoms with Gasteiger partial charge in [0.15, 0.2) is 0 Å². The highest BCUT2D eigenvalue weighted by Crippen LogP contribution is 2.29. The van der Waals surface area contributed by atoms with Crippen molar-refractivity contribution in [1.29, 1.82) is 0 Å². The zero-order valence-corrected chi connectivity index (χ0v) is 9.26. The zero-order valence-electron chi connectivity index (χ0n) is 9.26. The van der Waals surface area contributed by atoms with Crippen LogP contribution >= 0.6 is 0 Å². The molecule has 1 aliphatic rings. The second-order valence-corrected chi connectivity index (χ2v) is 5.06. The predicted molar refractivity (Wildman–Crippen MR) is 54.5 cm³/mol. The Morgan fingerprint density at radius 1 is 1.46 bits per heavy atom. The van der Waals surface area contributed by atoms with Crippen LogP contribution in [-0.4, -0.2) is 22.9 Å². The minimum absolute atomic E-state index is 0.103. The summed E-state index contributed by atoms with van der Waals surface area (Å²) < 4.78 is 0. The molecule has 0 radical (unpaired) electrons. The minimum atomic E-state index is 0.103. The van der Waals surface area contributed by atoms with Gasteiger partial charge in [-0.3, -0.25) is 4.79 Å². The summed E-state index contributed by atoms with van der Waals surface area (Å²) in [7, 11) is 0. The standard InChI is InChI=1S/C11H21NO/c1-9(2)8-10(13)12-7-5-6-11(12,3)4/h9H,5-8H2,1-4H3. The summed E-state index contributed by atoms with van der Waals surface area (Å²) in [6, 6.07) is 0. The quantitative estimate of drug-likeness (QED) is 0.644. The van der Waals surface area contributed by atoms with E-state index in [-0.39, 0.29) is 5.54 Å². The lowest BCUT2D eigenvalue weighted by molar-refractivity contribution is -0.135. The lowest BCUT2D eigenvalue weighted by Gasteiger charge is -2.32. The normalized spacial score (nSPS) is 21.2. The van der Waals surface area contributed by atoms with Crippen molar-refractivity contribution in [2.24, 2.45) is 5.92 Å². The van der Waals surface area contributed by atoms with E-state index in [2.05, 4.69) is 27.7 Å². The monoisotopic (exact) mass is 183 g/mol. The molecular formula is C11H21NO. The van der Waals surface area contributed by atoms with Gasteiger partial charge in [-0.1, -0.05) is 13.8 Å². The van der Waals surface area contributed by atoms with Gasteiger partial charge in [-0.05, 0) is 32.6 Å². The van der Waals surface area contributed by atoms with Gasteiger partial charge in [-0.25, -0.2) is 0 Å². The smallest absolute Gasteiger partial charge is 0.223 e. The molecule has 0 bridgehead atoms. The number of carbonyl (C=O) groups excluding carboxylic acids is 1. The summed E-state index contributed by atoms with van der Waals surface area (Å²) >= 11 is 0. The molecule has 0 atom stereocenters. The largest absolute Gasteiger partial charge is 0.338 e. The van der Waals surface area contributed by atoms with Gasteiger partial charge in [-0.15, -0.1) is 0 Å². The van der Waals surface area contributed by atoms with E-state index < -0.39 is 0 Å². The molecule has 1 saturated heterocycles. The molecule has 0 spiro atoms. The Hall–Kier alpha value is -0.530. The first-order valence-electron chi connectivity index (χ1n) is 5.24. The highest BCUT2D eigenvalue weighted by molar-refractivity contribution is 5.77. The van der Waals surface area contributed by atoms with Crippen LogP contribution in [0.3, 0.4) is 0 Å². The first kappa shape index (κ1) is 10.6. The van der Waals surface area contributed by atoms with Crippen LogP contribution in [-0.2, 0) is 4.79 Å². The summed E-state index contributed by atoms with van der Waals surface area (Å²) in [4.78, 5) is 13.8. The van der Waals surface area contributed by atoms with Gasteiger partial charge in [0.1, 0.15) is 0 Å². The van der Waals surface area contributed by atoms with E-state index in [0.29, 0.717) is 18.2 Å². The zero-order chi connectivity index (χ0) is 10.1. The van der Waals surface area contributed by atoms with Crippen LogP contribution in [0.15, 0.2) is 0 Å². The Labute approximate surface area is 81.3 Å². The first-order valence-corrected chi connectivity index (χ1v) is 5.24. The molecule has 0 unspecified atom stereocenters. The van der Waals surface area contributed by atoms with E-state index in [1.165, 1.54) is 0 Å². The highest BCUT2D eigenvalue weighted by atomic mass is 16.2. The molecule has 0 aromatic rings.